The number of benzene rings is 10. The van der Waals surface area contributed by atoms with E-state index < -0.39 is 44.5 Å². The second-order valence-corrected chi connectivity index (χ2v) is 27.9. The van der Waals surface area contributed by atoms with Crippen LogP contribution in [0.2, 0.25) is 20.1 Å². The largest absolute Gasteiger partial charge is 0.379 e. The molecule has 0 spiro atoms. The molecule has 0 fully saturated rings. The molecule has 15 rings (SSSR count). The zero-order valence-corrected chi connectivity index (χ0v) is 62.9. The van der Waals surface area contributed by atoms with E-state index in [4.69, 9.17) is 103 Å². The Balaban J connectivity index is 1.08. The first-order valence-electron chi connectivity index (χ1n) is 36.3. The van der Waals surface area contributed by atoms with Crippen LogP contribution in [0.25, 0.3) is 151 Å². The molecule has 0 atom stereocenters. The summed E-state index contributed by atoms with van der Waals surface area (Å²) in [6.45, 7) is 12.9. The van der Waals surface area contributed by atoms with E-state index in [1.54, 1.807) is 24.3 Å². The zero-order valence-electron chi connectivity index (χ0n) is 59.9. The van der Waals surface area contributed by atoms with Gasteiger partial charge in [0.2, 0.25) is 0 Å². The Bertz CT molecular complexity index is 5680. The monoisotopic (exact) mass is 1550 g/mol. The zero-order chi connectivity index (χ0) is 75.3. The van der Waals surface area contributed by atoms with E-state index in [9.17, 15) is 0 Å². The van der Waals surface area contributed by atoms with Crippen molar-refractivity contribution >= 4 is 197 Å². The summed E-state index contributed by atoms with van der Waals surface area (Å²) in [4.78, 5) is 125. The van der Waals surface area contributed by atoms with Crippen molar-refractivity contribution in [1.29, 1.82) is 0 Å². The Labute approximate surface area is 632 Å². The average molecular weight is 1560 g/mol. The van der Waals surface area contributed by atoms with Crippen molar-refractivity contribution in [2.24, 2.45) is 0 Å². The fourth-order valence-corrected chi connectivity index (χ4v) is 17.1. The van der Waals surface area contributed by atoms with E-state index in [1.807, 2.05) is 27.7 Å². The fourth-order valence-electron chi connectivity index (χ4n) is 15.9. The van der Waals surface area contributed by atoms with Crippen LogP contribution in [0.4, 0.5) is 0 Å². The van der Waals surface area contributed by atoms with Gasteiger partial charge < -0.3 is 56.8 Å². The summed E-state index contributed by atoms with van der Waals surface area (Å²) < 4.78 is 72.6. The highest BCUT2D eigenvalue weighted by Crippen LogP contribution is 2.57. The summed E-state index contributed by atoms with van der Waals surface area (Å²) in [5, 5.41) is 5.95. The third-order valence-corrected chi connectivity index (χ3v) is 21.6. The number of hydrogen-bond acceptors (Lipinski definition) is 20. The molecule has 0 aliphatic carbocycles. The second-order valence-electron chi connectivity index (χ2n) is 26.2. The first-order chi connectivity index (χ1) is 52.6. The van der Waals surface area contributed by atoms with Gasteiger partial charge in [0.15, 0.2) is 0 Å². The highest BCUT2D eigenvalue weighted by atomic mass is 35.5. The Kier molecular flexibility index (Phi) is 22.5. The molecule has 4 aromatic heterocycles. The SMILES string of the molecule is CCOCCOCCOCCn1c(=O)c2cc(Cl)c3c4c(Cl)cc5c(=O)n(CCOCCOCCOCC)c(=O)c6cc7c8cc9c(=O)n(CCOCCOCCOCC)c(=O)c%10cc(Cl)c%11c%12c(Cl)cc%13c(=O)n(CCOCCOCCOCC)c(=O)c%14cc(c%15cc(c1=O)c2c3c%15c7c4c56)c(c8c%11c%109)c%12c%13%14. The summed E-state index contributed by atoms with van der Waals surface area (Å²) in [5.74, 6) is 0. The average Bonchev–Trinajstić information content (AvgIpc) is 0.655. The number of rotatable bonds is 40. The summed E-state index contributed by atoms with van der Waals surface area (Å²) in [7, 11) is 0. The van der Waals surface area contributed by atoms with Gasteiger partial charge in [-0.1, -0.05) is 46.4 Å². The summed E-state index contributed by atoms with van der Waals surface area (Å²) >= 11 is 31.1. The van der Waals surface area contributed by atoms with Crippen LogP contribution >= 0.6 is 46.4 Å². The van der Waals surface area contributed by atoms with E-state index in [2.05, 4.69) is 0 Å². The van der Waals surface area contributed by atoms with Gasteiger partial charge in [-0.3, -0.25) is 56.6 Å². The molecule has 564 valence electrons. The smallest absolute Gasteiger partial charge is 0.261 e. The highest BCUT2D eigenvalue weighted by Gasteiger charge is 2.34. The molecule has 108 heavy (non-hydrogen) atoms. The number of aromatic nitrogens is 4. The number of pyridine rings is 4. The van der Waals surface area contributed by atoms with Gasteiger partial charge in [0.05, 0.1) is 180 Å². The van der Waals surface area contributed by atoms with E-state index in [0.29, 0.717) is 101 Å². The maximum absolute atomic E-state index is 15.9. The van der Waals surface area contributed by atoms with Gasteiger partial charge in [0, 0.05) is 133 Å². The highest BCUT2D eigenvalue weighted by molar-refractivity contribution is 6.59. The van der Waals surface area contributed by atoms with E-state index in [-0.39, 0.29) is 255 Å². The standard InChI is InChI=1S/C80H76Cl4N4O20/c1-5-97-17-21-105-29-25-101-13-9-85-73(89)45-33-41-42-34-46-58-51(79(95)86(74(46)90)10-14-102-26-30-106-22-18-98-6-2)39-55(83)67-68-56(84)40-52-60-48(76(92)88(80(52)96)12-16-104-28-32-108-24-20-100-8-4)36-44(64(72(60)68)62(42)70(58)67)43-35-47-59-50(78(94)87(75(47)91)11-15-103-27-31-107-23-19-99-7-3)38-54(82)66-65-53(81)37-49(77(85)93)57(45)69(65)61(41)63(43)71(59)66/h33-40H,5-32H2,1-4H3. The summed E-state index contributed by atoms with van der Waals surface area (Å²) in [6.07, 6.45) is 0. The van der Waals surface area contributed by atoms with Crippen molar-refractivity contribution in [3.8, 4) is 0 Å². The van der Waals surface area contributed by atoms with Crippen LogP contribution in [0, 0.1) is 0 Å². The predicted molar refractivity (Wildman–Crippen MR) is 425 cm³/mol. The van der Waals surface area contributed by atoms with Gasteiger partial charge in [-0.2, -0.15) is 0 Å². The Morgan fingerprint density at radius 1 is 0.194 bits per heavy atom. The van der Waals surface area contributed by atoms with Crippen LogP contribution in [-0.2, 0) is 83.0 Å². The van der Waals surface area contributed by atoms with Crippen molar-refractivity contribution in [1.82, 2.24) is 18.3 Å². The molecular weight excluding hydrogens is 1480 g/mol. The Hall–Kier alpha value is -7.96. The lowest BCUT2D eigenvalue weighted by molar-refractivity contribution is 0.0153. The third-order valence-electron chi connectivity index (χ3n) is 20.4. The molecule has 0 radical (unpaired) electrons. The second kappa shape index (κ2) is 32.2. The lowest BCUT2D eigenvalue weighted by Crippen LogP contribution is -2.35. The van der Waals surface area contributed by atoms with Crippen molar-refractivity contribution in [2.45, 2.75) is 53.9 Å². The number of ether oxygens (including phenoxy) is 12. The fraction of sp³-hybridized carbons (Fsp3) is 0.400. The van der Waals surface area contributed by atoms with E-state index in [0.717, 1.165) is 18.3 Å². The maximum Gasteiger partial charge on any atom is 0.261 e. The first-order valence-corrected chi connectivity index (χ1v) is 37.8. The Morgan fingerprint density at radius 3 is 0.528 bits per heavy atom. The van der Waals surface area contributed by atoms with E-state index >= 15 is 38.4 Å². The molecule has 0 bridgehead atoms. The lowest BCUT2D eigenvalue weighted by Gasteiger charge is -2.26. The van der Waals surface area contributed by atoms with Crippen LogP contribution in [0.15, 0.2) is 86.9 Å². The van der Waals surface area contributed by atoms with Crippen LogP contribution in [0.1, 0.15) is 27.7 Å². The molecule has 15 aromatic rings. The van der Waals surface area contributed by atoms with Crippen molar-refractivity contribution in [3.05, 3.63) is 151 Å². The van der Waals surface area contributed by atoms with Gasteiger partial charge in [-0.15, -0.1) is 0 Å². The molecule has 28 heteroatoms. The molecule has 0 amide bonds. The normalized spacial score (nSPS) is 12.7. The predicted octanol–water partition coefficient (Wildman–Crippen LogP) is 10.9. The van der Waals surface area contributed by atoms with Crippen molar-refractivity contribution in [3.63, 3.8) is 0 Å². The van der Waals surface area contributed by atoms with Gasteiger partial charge in [-0.25, -0.2) is 0 Å². The van der Waals surface area contributed by atoms with Crippen LogP contribution < -0.4 is 44.5 Å². The minimum Gasteiger partial charge on any atom is -0.379 e. The van der Waals surface area contributed by atoms with Gasteiger partial charge in [0.25, 0.3) is 44.5 Å². The molecule has 24 nitrogen and oxygen atoms in total. The summed E-state index contributed by atoms with van der Waals surface area (Å²) in [5.41, 5.74) is -5.56. The molecule has 4 heterocycles. The first kappa shape index (κ1) is 75.5. The minimum absolute atomic E-state index is 0.0132. The van der Waals surface area contributed by atoms with Crippen LogP contribution in [0.3, 0.4) is 0 Å². The number of halogens is 4. The molecule has 0 saturated heterocycles. The van der Waals surface area contributed by atoms with Crippen LogP contribution in [0.5, 0.6) is 0 Å². The van der Waals surface area contributed by atoms with Gasteiger partial charge >= 0.3 is 0 Å². The topological polar surface area (TPSA) is 267 Å². The quantitative estimate of drug-likeness (QED) is 0.0196. The maximum atomic E-state index is 15.9. The van der Waals surface area contributed by atoms with Crippen molar-refractivity contribution < 1.29 is 56.8 Å². The molecule has 0 unspecified atom stereocenters. The molecular formula is C80H76Cl4N4O20. The van der Waals surface area contributed by atoms with Crippen LogP contribution in [-0.4, -0.2) is 177 Å². The lowest BCUT2D eigenvalue weighted by atomic mass is 9.78. The Morgan fingerprint density at radius 2 is 0.352 bits per heavy atom. The molecule has 0 aliphatic heterocycles. The van der Waals surface area contributed by atoms with Gasteiger partial charge in [-0.05, 0) is 119 Å². The number of hydrogen-bond donors (Lipinski definition) is 0. The minimum atomic E-state index is -0.706. The van der Waals surface area contributed by atoms with Crippen molar-refractivity contribution in [2.75, 3.05) is 159 Å². The van der Waals surface area contributed by atoms with Gasteiger partial charge in [0.1, 0.15) is 0 Å². The molecule has 0 N–H and O–H groups in total. The number of fused-ring (bicyclic) bond motifs is 4. The molecule has 0 saturated carbocycles. The van der Waals surface area contributed by atoms with E-state index in [1.165, 1.54) is 24.3 Å². The summed E-state index contributed by atoms with van der Waals surface area (Å²) in [6, 6.07) is 12.7. The number of nitrogens with zero attached hydrogens (tertiary/aromatic N) is 4. The third kappa shape index (κ3) is 12.9. The molecule has 0 aliphatic rings. The molecule has 11 aromatic carbocycles.